The maximum Gasteiger partial charge on any atom is 0.300 e. The van der Waals surface area contributed by atoms with Gasteiger partial charge in [-0.2, -0.15) is 0 Å². The van der Waals surface area contributed by atoms with E-state index in [0.717, 1.165) is 17.5 Å². The molecule has 1 unspecified atom stereocenters. The first-order chi connectivity index (χ1) is 16.4. The first-order valence-electron chi connectivity index (χ1n) is 11.1. The van der Waals surface area contributed by atoms with Crippen LogP contribution >= 0.6 is 0 Å². The molecule has 1 heterocycles. The Bertz CT molecular complexity index is 1280. The zero-order chi connectivity index (χ0) is 24.4. The molecule has 34 heavy (non-hydrogen) atoms. The number of aliphatic hydroxyl groups excluding tert-OH is 1. The van der Waals surface area contributed by atoms with Gasteiger partial charge >= 0.3 is 0 Å². The molecule has 0 radical (unpaired) electrons. The van der Waals surface area contributed by atoms with Gasteiger partial charge in [0.15, 0.2) is 0 Å². The molecule has 1 fully saturated rings. The van der Waals surface area contributed by atoms with Gasteiger partial charge in [0.05, 0.1) is 25.8 Å². The summed E-state index contributed by atoms with van der Waals surface area (Å²) in [5.41, 5.74) is 3.62. The molecule has 4 rings (SSSR count). The van der Waals surface area contributed by atoms with Gasteiger partial charge < -0.3 is 14.6 Å². The number of carbonyl (C=O) groups is 2. The summed E-state index contributed by atoms with van der Waals surface area (Å²) in [4.78, 5) is 28.0. The normalized spacial score (nSPS) is 17.2. The molecular formula is C28H27NO5. The zero-order valence-electron chi connectivity index (χ0n) is 19.7. The Morgan fingerprint density at radius 1 is 0.971 bits per heavy atom. The van der Waals surface area contributed by atoms with Crippen molar-refractivity contribution in [3.8, 4) is 11.5 Å². The number of hydrogen-bond donors (Lipinski definition) is 1. The van der Waals surface area contributed by atoms with E-state index in [1.165, 1.54) is 4.90 Å². The fraction of sp³-hybridized carbons (Fsp3) is 0.214. The maximum atomic E-state index is 13.3. The summed E-state index contributed by atoms with van der Waals surface area (Å²) in [5, 5.41) is 11.3. The summed E-state index contributed by atoms with van der Waals surface area (Å²) in [5.74, 6) is -0.408. The van der Waals surface area contributed by atoms with Gasteiger partial charge in [-0.25, -0.2) is 0 Å². The Kier molecular flexibility index (Phi) is 6.41. The van der Waals surface area contributed by atoms with Gasteiger partial charge in [-0.05, 0) is 72.5 Å². The number of nitrogens with zero attached hydrogens (tertiary/aromatic N) is 1. The quantitative estimate of drug-likeness (QED) is 0.313. The summed E-state index contributed by atoms with van der Waals surface area (Å²) in [6.07, 6.45) is 0.856. The zero-order valence-corrected chi connectivity index (χ0v) is 19.7. The number of carbonyl (C=O) groups excluding carboxylic acids is 2. The number of methoxy groups -OCH3 is 2. The lowest BCUT2D eigenvalue weighted by molar-refractivity contribution is -0.132. The van der Waals surface area contributed by atoms with Crippen LogP contribution in [0.2, 0.25) is 0 Å². The molecule has 1 atom stereocenters. The molecule has 0 bridgehead atoms. The number of ether oxygens (including phenoxy) is 2. The van der Waals surface area contributed by atoms with Gasteiger partial charge in [0.25, 0.3) is 11.7 Å². The summed E-state index contributed by atoms with van der Waals surface area (Å²) in [6.45, 7) is 3.90. The highest BCUT2D eigenvalue weighted by Crippen LogP contribution is 2.43. The highest BCUT2D eigenvalue weighted by atomic mass is 16.5. The monoisotopic (exact) mass is 457 g/mol. The Labute approximate surface area is 199 Å². The van der Waals surface area contributed by atoms with Crippen LogP contribution in [0.3, 0.4) is 0 Å². The van der Waals surface area contributed by atoms with E-state index in [9.17, 15) is 14.7 Å². The smallest absolute Gasteiger partial charge is 0.300 e. The fourth-order valence-corrected chi connectivity index (χ4v) is 4.30. The van der Waals surface area contributed by atoms with Crippen molar-refractivity contribution in [2.45, 2.75) is 26.3 Å². The van der Waals surface area contributed by atoms with E-state index in [4.69, 9.17) is 9.47 Å². The van der Waals surface area contributed by atoms with Crippen LogP contribution < -0.4 is 14.4 Å². The number of amides is 1. The first kappa shape index (κ1) is 23.1. The van der Waals surface area contributed by atoms with Crippen LogP contribution in [-0.2, 0) is 16.0 Å². The predicted octanol–water partition coefficient (Wildman–Crippen LogP) is 5.20. The molecule has 0 saturated carbocycles. The van der Waals surface area contributed by atoms with E-state index in [-0.39, 0.29) is 11.3 Å². The summed E-state index contributed by atoms with van der Waals surface area (Å²) >= 11 is 0. The van der Waals surface area contributed by atoms with Crippen molar-refractivity contribution in [3.05, 3.63) is 94.6 Å². The fourth-order valence-electron chi connectivity index (χ4n) is 4.30. The summed E-state index contributed by atoms with van der Waals surface area (Å²) < 4.78 is 10.7. The van der Waals surface area contributed by atoms with E-state index >= 15 is 0 Å². The average molecular weight is 458 g/mol. The van der Waals surface area contributed by atoms with Crippen molar-refractivity contribution in [3.63, 3.8) is 0 Å². The molecule has 1 aliphatic heterocycles. The number of benzene rings is 3. The van der Waals surface area contributed by atoms with Crippen molar-refractivity contribution < 1.29 is 24.2 Å². The van der Waals surface area contributed by atoms with E-state index in [2.05, 4.69) is 0 Å². The molecule has 0 aromatic heterocycles. The summed E-state index contributed by atoms with van der Waals surface area (Å²) in [6, 6.07) is 19.0. The van der Waals surface area contributed by atoms with Crippen molar-refractivity contribution in [1.82, 2.24) is 0 Å². The number of anilines is 1. The standard InChI is InChI=1S/C28H27NO5/c1-5-18-9-12-21(13-10-18)29-25(19-7-6-8-22(16-19)33-3)24(27(31)28(29)32)26(30)20-11-14-23(34-4)17(2)15-20/h6-16,25,30H,5H2,1-4H3/b26-24-. The number of rotatable bonds is 6. The molecule has 1 N–H and O–H groups in total. The SMILES string of the molecule is CCc1ccc(N2C(=O)C(=O)/C(=C(\O)c3ccc(OC)c(C)c3)C2c2cccc(OC)c2)cc1. The van der Waals surface area contributed by atoms with Crippen LogP contribution in [0.25, 0.3) is 5.76 Å². The van der Waals surface area contributed by atoms with E-state index < -0.39 is 17.7 Å². The molecule has 3 aromatic carbocycles. The van der Waals surface area contributed by atoms with Crippen LogP contribution in [0.1, 0.15) is 35.2 Å². The maximum absolute atomic E-state index is 13.3. The van der Waals surface area contributed by atoms with Gasteiger partial charge in [0, 0.05) is 11.3 Å². The third kappa shape index (κ3) is 4.03. The Hall–Kier alpha value is -4.06. The van der Waals surface area contributed by atoms with Crippen LogP contribution in [0.15, 0.2) is 72.3 Å². The van der Waals surface area contributed by atoms with Crippen molar-refractivity contribution >= 4 is 23.1 Å². The molecule has 1 amide bonds. The van der Waals surface area contributed by atoms with Crippen molar-refractivity contribution in [2.75, 3.05) is 19.1 Å². The predicted molar refractivity (Wildman–Crippen MR) is 131 cm³/mol. The topological polar surface area (TPSA) is 76.1 Å². The number of aliphatic hydroxyl groups is 1. The number of Topliss-reactive ketones (excluding diaryl/α,β-unsaturated/α-hetero) is 1. The molecule has 3 aromatic rings. The second kappa shape index (κ2) is 9.43. The Morgan fingerprint density at radius 2 is 1.71 bits per heavy atom. The third-order valence-corrected chi connectivity index (χ3v) is 6.14. The van der Waals surface area contributed by atoms with Crippen LogP contribution in [0, 0.1) is 6.92 Å². The lowest BCUT2D eigenvalue weighted by Gasteiger charge is -2.26. The second-order valence-corrected chi connectivity index (χ2v) is 8.15. The first-order valence-corrected chi connectivity index (χ1v) is 11.1. The molecule has 6 heteroatoms. The van der Waals surface area contributed by atoms with E-state index in [1.54, 1.807) is 50.6 Å². The lowest BCUT2D eigenvalue weighted by Crippen LogP contribution is -2.29. The number of hydrogen-bond acceptors (Lipinski definition) is 5. The molecule has 0 spiro atoms. The van der Waals surface area contributed by atoms with Crippen LogP contribution in [0.4, 0.5) is 5.69 Å². The number of aryl methyl sites for hydroxylation is 2. The van der Waals surface area contributed by atoms with Gasteiger partial charge in [-0.3, -0.25) is 14.5 Å². The Morgan fingerprint density at radius 3 is 2.32 bits per heavy atom. The van der Waals surface area contributed by atoms with Crippen molar-refractivity contribution in [2.24, 2.45) is 0 Å². The van der Waals surface area contributed by atoms with E-state index in [0.29, 0.717) is 28.3 Å². The van der Waals surface area contributed by atoms with Gasteiger partial charge in [0.1, 0.15) is 17.3 Å². The molecular weight excluding hydrogens is 430 g/mol. The molecule has 0 aliphatic carbocycles. The van der Waals surface area contributed by atoms with Crippen LogP contribution in [-0.4, -0.2) is 31.0 Å². The Balaban J connectivity index is 1.93. The van der Waals surface area contributed by atoms with Gasteiger partial charge in [-0.1, -0.05) is 31.2 Å². The summed E-state index contributed by atoms with van der Waals surface area (Å²) in [7, 11) is 3.12. The van der Waals surface area contributed by atoms with Crippen LogP contribution in [0.5, 0.6) is 11.5 Å². The van der Waals surface area contributed by atoms with E-state index in [1.807, 2.05) is 44.2 Å². The third-order valence-electron chi connectivity index (χ3n) is 6.14. The highest BCUT2D eigenvalue weighted by Gasteiger charge is 2.47. The minimum Gasteiger partial charge on any atom is -0.507 e. The lowest BCUT2D eigenvalue weighted by atomic mass is 9.94. The molecule has 1 saturated heterocycles. The van der Waals surface area contributed by atoms with Gasteiger partial charge in [-0.15, -0.1) is 0 Å². The molecule has 6 nitrogen and oxygen atoms in total. The largest absolute Gasteiger partial charge is 0.507 e. The second-order valence-electron chi connectivity index (χ2n) is 8.15. The highest BCUT2D eigenvalue weighted by molar-refractivity contribution is 6.51. The number of ketones is 1. The molecule has 1 aliphatic rings. The minimum atomic E-state index is -0.815. The van der Waals surface area contributed by atoms with Gasteiger partial charge in [0.2, 0.25) is 0 Å². The molecule has 174 valence electrons. The van der Waals surface area contributed by atoms with Crippen molar-refractivity contribution in [1.29, 1.82) is 0 Å². The average Bonchev–Trinajstić information content (AvgIpc) is 3.13. The minimum absolute atomic E-state index is 0.0300.